The molecular formula is C15H11CsNO+. The van der Waals surface area contributed by atoms with Crippen molar-refractivity contribution in [2.75, 3.05) is 0 Å². The van der Waals surface area contributed by atoms with E-state index in [9.17, 15) is 5.11 Å². The van der Waals surface area contributed by atoms with Crippen molar-refractivity contribution in [3.63, 3.8) is 0 Å². The van der Waals surface area contributed by atoms with Crippen LogP contribution in [0.15, 0.2) is 60.7 Å². The summed E-state index contributed by atoms with van der Waals surface area (Å²) >= 11 is 0. The van der Waals surface area contributed by atoms with Crippen LogP contribution in [0.1, 0.15) is 0 Å². The average molecular weight is 354 g/mol. The van der Waals surface area contributed by atoms with Crippen LogP contribution in [0.25, 0.3) is 22.2 Å². The molecule has 18 heavy (non-hydrogen) atoms. The van der Waals surface area contributed by atoms with Crippen LogP contribution in [0, 0.1) is 0 Å². The van der Waals surface area contributed by atoms with Crippen molar-refractivity contribution in [2.24, 2.45) is 0 Å². The molecule has 0 saturated carbocycles. The van der Waals surface area contributed by atoms with Crippen molar-refractivity contribution in [1.82, 2.24) is 0 Å². The Bertz CT molecular complexity index is 668. The molecule has 1 aromatic heterocycles. The molecule has 0 aliphatic carbocycles. The Hall–Kier alpha value is -0.298. The maximum atomic E-state index is 11.7. The Labute approximate surface area is 164 Å². The quantitative estimate of drug-likeness (QED) is 0.575. The number of hydrogen-bond donors (Lipinski definition) is 0. The Morgan fingerprint density at radius 1 is 0.778 bits per heavy atom. The molecule has 3 rings (SSSR count). The van der Waals surface area contributed by atoms with Gasteiger partial charge in [0.15, 0.2) is 0 Å². The van der Waals surface area contributed by atoms with Gasteiger partial charge in [-0.25, -0.2) is 4.98 Å². The van der Waals surface area contributed by atoms with Crippen LogP contribution in [0.5, 0.6) is 5.75 Å². The van der Waals surface area contributed by atoms with Crippen LogP contribution in [-0.4, -0.2) is 0 Å². The number of H-pyrrole nitrogens is 1. The Kier molecular flexibility index (Phi) is 4.89. The number of benzene rings is 2. The summed E-state index contributed by atoms with van der Waals surface area (Å²) in [5.41, 5.74) is 2.70. The standard InChI is InChI=1S/C15H11NO.Cs/c17-14-8-4-7-12-9-10-13(16-15(12)14)11-5-2-1-3-6-11;/h1-10,17H;/q;+1. The molecule has 0 aliphatic heterocycles. The number of hydrogen-bond acceptors (Lipinski definition) is 1. The van der Waals surface area contributed by atoms with Crippen LogP contribution in [0.2, 0.25) is 0 Å². The molecule has 0 atom stereocenters. The number of aromatic nitrogens is 1. The molecule has 1 heterocycles. The average Bonchev–Trinajstić information content (AvgIpc) is 2.40. The molecule has 0 fully saturated rings. The fraction of sp³-hybridized carbons (Fsp3) is 0. The monoisotopic (exact) mass is 354 g/mol. The largest absolute Gasteiger partial charge is 1.00 e. The first kappa shape index (κ1) is 14.1. The minimum atomic E-state index is 0. The van der Waals surface area contributed by atoms with Gasteiger partial charge in [-0.2, -0.15) is 0 Å². The van der Waals surface area contributed by atoms with Crippen LogP contribution in [-0.2, 0) is 0 Å². The number of pyridine rings is 1. The minimum absolute atomic E-state index is 0. The van der Waals surface area contributed by atoms with Crippen molar-refractivity contribution in [1.29, 1.82) is 0 Å². The van der Waals surface area contributed by atoms with Crippen molar-refractivity contribution in [3.05, 3.63) is 60.7 Å². The summed E-state index contributed by atoms with van der Waals surface area (Å²) in [4.78, 5) is 3.20. The van der Waals surface area contributed by atoms with Gasteiger partial charge in [-0.05, 0) is 30.0 Å². The molecule has 0 saturated heterocycles. The third kappa shape index (κ3) is 2.82. The van der Waals surface area contributed by atoms with Gasteiger partial charge < -0.3 is 5.11 Å². The number of aromatic amines is 1. The molecule has 3 aromatic rings. The third-order valence-corrected chi connectivity index (χ3v) is 2.83. The molecule has 0 bridgehead atoms. The first-order chi connectivity index (χ1) is 8.34. The van der Waals surface area contributed by atoms with E-state index >= 15 is 0 Å². The second-order valence-electron chi connectivity index (χ2n) is 3.96. The maximum Gasteiger partial charge on any atom is 1.00 e. The third-order valence-electron chi connectivity index (χ3n) is 2.83. The zero-order chi connectivity index (χ0) is 11.7. The van der Waals surface area contributed by atoms with E-state index in [0.29, 0.717) is 5.52 Å². The van der Waals surface area contributed by atoms with Crippen molar-refractivity contribution < 1.29 is 79.0 Å². The van der Waals surface area contributed by atoms with E-state index in [0.717, 1.165) is 16.6 Å². The topological polar surface area (TPSA) is 37.2 Å². The molecular weight excluding hydrogens is 343 g/mol. The summed E-state index contributed by atoms with van der Waals surface area (Å²) in [5, 5.41) is 12.7. The Balaban J connectivity index is 0.00000120. The van der Waals surface area contributed by atoms with Gasteiger partial charge in [-0.3, -0.25) is 0 Å². The first-order valence-corrected chi connectivity index (χ1v) is 5.52. The summed E-state index contributed by atoms with van der Waals surface area (Å²) in [6.07, 6.45) is 0. The fourth-order valence-electron chi connectivity index (χ4n) is 1.96. The smallest absolute Gasteiger partial charge is 0.868 e. The number of fused-ring (bicyclic) bond motifs is 1. The van der Waals surface area contributed by atoms with Gasteiger partial charge in [0, 0.05) is 17.0 Å². The summed E-state index contributed by atoms with van der Waals surface area (Å²) < 4.78 is 0. The molecule has 2 nitrogen and oxygen atoms in total. The van der Waals surface area contributed by atoms with Gasteiger partial charge in [-0.1, -0.05) is 30.3 Å². The number of rotatable bonds is 1. The summed E-state index contributed by atoms with van der Waals surface area (Å²) in [6.45, 7) is 0. The molecule has 0 aliphatic rings. The summed E-state index contributed by atoms with van der Waals surface area (Å²) in [7, 11) is 0. The second-order valence-corrected chi connectivity index (χ2v) is 3.96. The minimum Gasteiger partial charge on any atom is -0.868 e. The van der Waals surface area contributed by atoms with Gasteiger partial charge in [0.1, 0.15) is 0 Å². The van der Waals surface area contributed by atoms with E-state index in [4.69, 9.17) is 0 Å². The summed E-state index contributed by atoms with van der Waals surface area (Å²) in [5.74, 6) is 0.0280. The fourth-order valence-corrected chi connectivity index (χ4v) is 1.96. The van der Waals surface area contributed by atoms with Crippen molar-refractivity contribution in [2.45, 2.75) is 0 Å². The van der Waals surface area contributed by atoms with E-state index < -0.39 is 0 Å². The maximum absolute atomic E-state index is 11.7. The summed E-state index contributed by atoms with van der Waals surface area (Å²) in [6, 6.07) is 19.2. The van der Waals surface area contributed by atoms with Gasteiger partial charge in [0.25, 0.3) is 0 Å². The normalized spacial score (nSPS) is 10.0. The van der Waals surface area contributed by atoms with Crippen LogP contribution in [0.3, 0.4) is 0 Å². The number of para-hydroxylation sites is 1. The molecule has 2 aromatic carbocycles. The van der Waals surface area contributed by atoms with Crippen molar-refractivity contribution in [3.8, 4) is 17.0 Å². The zero-order valence-electron chi connectivity index (χ0n) is 10.2. The van der Waals surface area contributed by atoms with Gasteiger partial charge in [-0.15, -0.1) is 0 Å². The molecule has 0 radical (unpaired) electrons. The molecule has 82 valence electrons. The molecule has 0 unspecified atom stereocenters. The SMILES string of the molecule is [Cs+].[O-]c1cccc2ccc(-c3ccccc3)[nH+]c12. The van der Waals surface area contributed by atoms with E-state index in [2.05, 4.69) is 4.98 Å². The Morgan fingerprint density at radius 2 is 1.56 bits per heavy atom. The molecule has 1 N–H and O–H groups in total. The van der Waals surface area contributed by atoms with Gasteiger partial charge in [0.05, 0.1) is 0 Å². The number of nitrogens with one attached hydrogen (secondary N) is 1. The van der Waals surface area contributed by atoms with Gasteiger partial charge >= 0.3 is 68.9 Å². The predicted molar refractivity (Wildman–Crippen MR) is 65.4 cm³/mol. The van der Waals surface area contributed by atoms with Crippen LogP contribution < -0.4 is 79.0 Å². The first-order valence-electron chi connectivity index (χ1n) is 5.52. The van der Waals surface area contributed by atoms with Crippen molar-refractivity contribution >= 4 is 10.9 Å². The van der Waals surface area contributed by atoms with Crippen LogP contribution in [0.4, 0.5) is 0 Å². The predicted octanol–water partition coefficient (Wildman–Crippen LogP) is -0.602. The molecule has 0 spiro atoms. The second kappa shape index (κ2) is 6.23. The van der Waals surface area contributed by atoms with Gasteiger partial charge in [0.2, 0.25) is 11.2 Å². The molecule has 0 amide bonds. The zero-order valence-corrected chi connectivity index (χ0v) is 16.5. The van der Waals surface area contributed by atoms with E-state index in [1.807, 2.05) is 48.5 Å². The molecule has 3 heteroatoms. The van der Waals surface area contributed by atoms with E-state index in [1.54, 1.807) is 12.1 Å². The Morgan fingerprint density at radius 3 is 2.33 bits per heavy atom. The van der Waals surface area contributed by atoms with E-state index in [-0.39, 0.29) is 74.6 Å². The van der Waals surface area contributed by atoms with E-state index in [1.165, 1.54) is 0 Å². The van der Waals surface area contributed by atoms with Crippen LogP contribution >= 0.6 is 0 Å².